The van der Waals surface area contributed by atoms with Crippen LogP contribution in [-0.4, -0.2) is 51.3 Å². The van der Waals surface area contributed by atoms with E-state index in [-0.39, 0.29) is 18.3 Å². The summed E-state index contributed by atoms with van der Waals surface area (Å²) in [4.78, 5) is 10.6. The van der Waals surface area contributed by atoms with Crippen LogP contribution >= 0.6 is 0 Å². The van der Waals surface area contributed by atoms with E-state index >= 15 is 0 Å². The minimum Gasteiger partial charge on any atom is -0.494 e. The fourth-order valence-corrected chi connectivity index (χ4v) is 6.12. The molecule has 154 valence electrons. The molecule has 0 aliphatic heterocycles. The van der Waals surface area contributed by atoms with Gasteiger partial charge in [0.25, 0.3) is 0 Å². The molecule has 4 N–H and O–H groups in total. The van der Waals surface area contributed by atoms with Crippen molar-refractivity contribution in [3.63, 3.8) is 0 Å². The summed E-state index contributed by atoms with van der Waals surface area (Å²) < 4.78 is 5.72. The lowest BCUT2D eigenvalue weighted by molar-refractivity contribution is -0.137. The van der Waals surface area contributed by atoms with E-state index in [0.717, 1.165) is 31.4 Å². The van der Waals surface area contributed by atoms with Gasteiger partial charge in [0.2, 0.25) is 0 Å². The van der Waals surface area contributed by atoms with E-state index in [2.05, 4.69) is 12.1 Å². The number of ether oxygens (including phenoxy) is 1. The third kappa shape index (κ3) is 3.11. The highest BCUT2D eigenvalue weighted by Crippen LogP contribution is 2.60. The third-order valence-electron chi connectivity index (χ3n) is 7.52. The van der Waals surface area contributed by atoms with Gasteiger partial charge in [-0.05, 0) is 73.1 Å². The second kappa shape index (κ2) is 7.32. The molecule has 0 radical (unpaired) electrons. The van der Waals surface area contributed by atoms with Gasteiger partial charge in [0, 0.05) is 11.8 Å². The van der Waals surface area contributed by atoms with Crippen LogP contribution in [-0.2, 0) is 11.2 Å². The minimum absolute atomic E-state index is 0.0867. The molecule has 0 heterocycles. The Bertz CT molecular complexity index is 749. The number of carboxylic acid groups (broad SMARTS) is 1. The van der Waals surface area contributed by atoms with E-state index in [1.165, 1.54) is 11.1 Å². The second-order valence-corrected chi connectivity index (χ2v) is 9.01. The topological polar surface area (TPSA) is 107 Å². The predicted molar refractivity (Wildman–Crippen MR) is 102 cm³/mol. The van der Waals surface area contributed by atoms with Crippen molar-refractivity contribution in [1.29, 1.82) is 0 Å². The van der Waals surface area contributed by atoms with Gasteiger partial charge in [-0.3, -0.25) is 4.79 Å². The van der Waals surface area contributed by atoms with Gasteiger partial charge in [-0.1, -0.05) is 13.0 Å². The maximum Gasteiger partial charge on any atom is 0.303 e. The summed E-state index contributed by atoms with van der Waals surface area (Å²) in [7, 11) is 0. The van der Waals surface area contributed by atoms with Gasteiger partial charge in [0.05, 0.1) is 18.8 Å². The summed E-state index contributed by atoms with van der Waals surface area (Å²) in [5.74, 6) is 0.463. The number of aliphatic hydroxyl groups excluding tert-OH is 3. The highest BCUT2D eigenvalue weighted by atomic mass is 16.5. The maximum absolute atomic E-state index is 10.6. The van der Waals surface area contributed by atoms with Crippen molar-refractivity contribution in [1.82, 2.24) is 0 Å². The van der Waals surface area contributed by atoms with Crippen molar-refractivity contribution in [3.05, 3.63) is 29.3 Å². The van der Waals surface area contributed by atoms with Crippen LogP contribution < -0.4 is 4.74 Å². The van der Waals surface area contributed by atoms with Crippen molar-refractivity contribution in [2.45, 2.75) is 69.7 Å². The molecule has 6 heteroatoms. The van der Waals surface area contributed by atoms with Crippen molar-refractivity contribution in [2.75, 3.05) is 6.61 Å². The minimum atomic E-state index is -1.06. The highest BCUT2D eigenvalue weighted by molar-refractivity contribution is 5.66. The van der Waals surface area contributed by atoms with E-state index in [1.807, 2.05) is 13.0 Å². The number of fused-ring (bicyclic) bond motifs is 5. The number of aliphatic carboxylic acids is 1. The van der Waals surface area contributed by atoms with E-state index in [1.54, 1.807) is 0 Å². The van der Waals surface area contributed by atoms with Crippen molar-refractivity contribution in [3.8, 4) is 5.75 Å². The Morgan fingerprint density at radius 3 is 2.75 bits per heavy atom. The number of carboxylic acids is 1. The molecule has 0 unspecified atom stereocenters. The fourth-order valence-electron chi connectivity index (χ4n) is 6.12. The Balaban J connectivity index is 1.51. The van der Waals surface area contributed by atoms with Gasteiger partial charge in [-0.15, -0.1) is 0 Å². The number of aryl methyl sites for hydroxylation is 1. The van der Waals surface area contributed by atoms with Crippen LogP contribution in [0, 0.1) is 17.3 Å². The number of hydrogen-bond acceptors (Lipinski definition) is 5. The Morgan fingerprint density at radius 1 is 1.21 bits per heavy atom. The number of hydrogen-bond donors (Lipinski definition) is 4. The number of benzene rings is 1. The van der Waals surface area contributed by atoms with Crippen LogP contribution in [0.15, 0.2) is 18.2 Å². The first-order valence-corrected chi connectivity index (χ1v) is 10.3. The highest BCUT2D eigenvalue weighted by Gasteiger charge is 2.62. The van der Waals surface area contributed by atoms with Gasteiger partial charge in [0.15, 0.2) is 0 Å². The molecule has 0 aromatic heterocycles. The van der Waals surface area contributed by atoms with Crippen LogP contribution in [0.4, 0.5) is 0 Å². The summed E-state index contributed by atoms with van der Waals surface area (Å²) in [6, 6.07) is 6.12. The van der Waals surface area contributed by atoms with Crippen LogP contribution in [0.3, 0.4) is 0 Å². The molecule has 2 saturated carbocycles. The molecule has 6 nitrogen and oxygen atoms in total. The zero-order valence-corrected chi connectivity index (χ0v) is 16.3. The summed E-state index contributed by atoms with van der Waals surface area (Å²) in [6.07, 6.45) is 1.35. The Morgan fingerprint density at radius 2 is 2.00 bits per heavy atom. The Hall–Kier alpha value is -1.63. The van der Waals surface area contributed by atoms with Crippen LogP contribution in [0.25, 0.3) is 0 Å². The molecular weight excluding hydrogens is 360 g/mol. The van der Waals surface area contributed by atoms with Gasteiger partial charge in [-0.25, -0.2) is 0 Å². The molecule has 3 aliphatic carbocycles. The molecule has 4 rings (SSSR count). The summed E-state index contributed by atoms with van der Waals surface area (Å²) >= 11 is 0. The average molecular weight is 390 g/mol. The van der Waals surface area contributed by atoms with Gasteiger partial charge in [-0.2, -0.15) is 0 Å². The summed E-state index contributed by atoms with van der Waals surface area (Å²) in [5, 5.41) is 40.1. The van der Waals surface area contributed by atoms with Gasteiger partial charge >= 0.3 is 5.97 Å². The van der Waals surface area contributed by atoms with E-state index in [4.69, 9.17) is 9.84 Å². The average Bonchev–Trinajstić information content (AvgIpc) is 2.85. The summed E-state index contributed by atoms with van der Waals surface area (Å²) in [5.41, 5.74) is 2.12. The molecule has 0 bridgehead atoms. The quantitative estimate of drug-likeness (QED) is 0.574. The Labute approximate surface area is 165 Å². The molecule has 2 fully saturated rings. The van der Waals surface area contributed by atoms with Gasteiger partial charge < -0.3 is 25.2 Å². The Kier molecular flexibility index (Phi) is 5.14. The first-order valence-electron chi connectivity index (χ1n) is 10.3. The first-order chi connectivity index (χ1) is 13.3. The van der Waals surface area contributed by atoms with Crippen LogP contribution in [0.1, 0.15) is 56.1 Å². The van der Waals surface area contributed by atoms with Crippen LogP contribution in [0.5, 0.6) is 5.75 Å². The van der Waals surface area contributed by atoms with Crippen molar-refractivity contribution >= 4 is 5.97 Å². The van der Waals surface area contributed by atoms with Crippen molar-refractivity contribution < 1.29 is 30.0 Å². The predicted octanol–water partition coefficient (Wildman–Crippen LogP) is 2.09. The van der Waals surface area contributed by atoms with Crippen molar-refractivity contribution in [2.24, 2.45) is 17.3 Å². The molecule has 1 aromatic rings. The number of aliphatic hydroxyl groups is 3. The number of carbonyl (C=O) groups is 1. The normalized spacial score (nSPS) is 39.0. The van der Waals surface area contributed by atoms with E-state index < -0.39 is 29.7 Å². The van der Waals surface area contributed by atoms with Crippen LogP contribution in [0.2, 0.25) is 0 Å². The largest absolute Gasteiger partial charge is 0.494 e. The third-order valence-corrected chi connectivity index (χ3v) is 7.52. The molecule has 0 amide bonds. The lowest BCUT2D eigenvalue weighted by atomic mass is 9.55. The smallest absolute Gasteiger partial charge is 0.303 e. The monoisotopic (exact) mass is 390 g/mol. The molecule has 0 spiro atoms. The second-order valence-electron chi connectivity index (χ2n) is 9.01. The first kappa shape index (κ1) is 19.7. The zero-order valence-electron chi connectivity index (χ0n) is 16.3. The molecule has 0 saturated heterocycles. The fraction of sp³-hybridized carbons (Fsp3) is 0.682. The maximum atomic E-state index is 10.6. The molecule has 7 atom stereocenters. The zero-order chi connectivity index (χ0) is 20.1. The standard InChI is InChI=1S/C22H30O6/c1-22-9-8-15-14-7-5-13(28-10-2-3-17(23)24)11-12(14)4-6-16(15)18(22)19(25)20(26)21(22)27/h5,7,11,15-16,18-21,25-27H,2-4,6,8-10H2,1H3,(H,23,24)/t15-,16-,18-,19-,20-,21+,22+/m1/s1. The molecular formula is C22H30O6. The molecule has 3 aliphatic rings. The summed E-state index contributed by atoms with van der Waals surface area (Å²) in [6.45, 7) is 2.40. The SMILES string of the molecule is C[C@]12CC[C@@H]3c4ccc(OCCCC(=O)O)cc4CC[C@H]3[C@@H]1[C@@H](O)[C@@H](O)[C@@H]2O. The van der Waals surface area contributed by atoms with E-state index in [0.29, 0.717) is 18.9 Å². The lowest BCUT2D eigenvalue weighted by Gasteiger charge is -2.50. The molecule has 1 aromatic carbocycles. The number of rotatable bonds is 5. The van der Waals surface area contributed by atoms with Gasteiger partial charge in [0.1, 0.15) is 11.9 Å². The lowest BCUT2D eigenvalue weighted by Crippen LogP contribution is -2.46. The molecule has 28 heavy (non-hydrogen) atoms. The van der Waals surface area contributed by atoms with E-state index in [9.17, 15) is 20.1 Å².